The fourth-order valence-electron chi connectivity index (χ4n) is 6.58. The summed E-state index contributed by atoms with van der Waals surface area (Å²) < 4.78 is 31.4. The first-order valence-corrected chi connectivity index (χ1v) is 16.2. The highest BCUT2D eigenvalue weighted by Crippen LogP contribution is 2.41. The number of amides is 2. The number of benzene rings is 3. The summed E-state index contributed by atoms with van der Waals surface area (Å²) in [5.41, 5.74) is 1.94. The Balaban J connectivity index is 1.25. The molecule has 6 nitrogen and oxygen atoms in total. The summed E-state index contributed by atoms with van der Waals surface area (Å²) in [5, 5.41) is 11.1. The molecular formula is C35H40F2IN3O3. The number of carbonyl (C=O) groups is 2. The number of aliphatic hydroxyl groups is 1. The lowest BCUT2D eigenvalue weighted by molar-refractivity contribution is -0.0676. The van der Waals surface area contributed by atoms with Gasteiger partial charge in [-0.05, 0) is 82.7 Å². The molecule has 2 aliphatic heterocycles. The third-order valence-electron chi connectivity index (χ3n) is 9.15. The minimum atomic E-state index is -0.790. The average molecular weight is 716 g/mol. The number of likely N-dealkylation sites (tertiary alicyclic amines) is 2. The van der Waals surface area contributed by atoms with E-state index in [-0.39, 0.29) is 22.6 Å². The molecule has 0 aliphatic carbocycles. The molecule has 3 aromatic rings. The van der Waals surface area contributed by atoms with Gasteiger partial charge < -0.3 is 19.8 Å². The Morgan fingerprint density at radius 3 is 2.14 bits per heavy atom. The Morgan fingerprint density at radius 2 is 1.55 bits per heavy atom. The predicted molar refractivity (Wildman–Crippen MR) is 177 cm³/mol. The van der Waals surface area contributed by atoms with Gasteiger partial charge in [-0.2, -0.15) is 0 Å². The van der Waals surface area contributed by atoms with Crippen LogP contribution in [0.1, 0.15) is 71.9 Å². The molecule has 9 heteroatoms. The number of halogens is 3. The maximum Gasteiger partial charge on any atom is 0.254 e. The van der Waals surface area contributed by atoms with Crippen molar-refractivity contribution in [3.63, 3.8) is 0 Å². The summed E-state index contributed by atoms with van der Waals surface area (Å²) in [6, 6.07) is 17.4. The van der Waals surface area contributed by atoms with Gasteiger partial charge in [0.15, 0.2) is 0 Å². The van der Waals surface area contributed by atoms with Crippen molar-refractivity contribution in [2.45, 2.75) is 58.1 Å². The van der Waals surface area contributed by atoms with Crippen LogP contribution in [0.25, 0.3) is 0 Å². The van der Waals surface area contributed by atoms with Crippen molar-refractivity contribution in [2.24, 2.45) is 5.41 Å². The van der Waals surface area contributed by atoms with Gasteiger partial charge in [0.05, 0.1) is 6.10 Å². The molecule has 0 radical (unpaired) electrons. The first-order valence-electron chi connectivity index (χ1n) is 15.1. The number of anilines is 1. The molecule has 1 N–H and O–H groups in total. The lowest BCUT2D eigenvalue weighted by Gasteiger charge is -2.50. The summed E-state index contributed by atoms with van der Waals surface area (Å²) in [7, 11) is 1.62. The second kappa shape index (κ2) is 12.7. The standard InChI is InChI=1S/C35H40F2IN3O3/c1-34(2,3)26-11-10-24(20-29(26)38)32(43)41-15-12-30(42)35(22-41)13-16-40(17-14-35)33(44)25-18-27(36)31(28(37)19-25)39(4)21-23-8-6-5-7-9-23/h5-11,18-20,30,42H,12-17,21-22H2,1-4H3. The lowest BCUT2D eigenvalue weighted by Crippen LogP contribution is -2.58. The van der Waals surface area contributed by atoms with Crippen LogP contribution in [0, 0.1) is 20.6 Å². The van der Waals surface area contributed by atoms with E-state index in [1.807, 2.05) is 53.4 Å². The Morgan fingerprint density at radius 1 is 0.932 bits per heavy atom. The first-order chi connectivity index (χ1) is 20.8. The zero-order valence-electron chi connectivity index (χ0n) is 25.7. The van der Waals surface area contributed by atoms with Crippen LogP contribution in [0.15, 0.2) is 60.7 Å². The first kappa shape index (κ1) is 32.3. The Labute approximate surface area is 272 Å². The maximum atomic E-state index is 15.2. The van der Waals surface area contributed by atoms with Crippen molar-refractivity contribution in [2.75, 3.05) is 38.1 Å². The Hall–Kier alpha value is -3.05. The molecule has 0 bridgehead atoms. The number of hydrogen-bond acceptors (Lipinski definition) is 4. The van der Waals surface area contributed by atoms with E-state index in [0.717, 1.165) is 21.3 Å². The number of piperidine rings is 2. The molecular weight excluding hydrogens is 675 g/mol. The van der Waals surface area contributed by atoms with Gasteiger partial charge in [-0.15, -0.1) is 0 Å². The highest BCUT2D eigenvalue weighted by Gasteiger charge is 2.46. The molecule has 2 amide bonds. The Kier molecular flexibility index (Phi) is 9.37. The van der Waals surface area contributed by atoms with E-state index < -0.39 is 29.1 Å². The van der Waals surface area contributed by atoms with E-state index in [0.29, 0.717) is 57.5 Å². The monoisotopic (exact) mass is 715 g/mol. The molecule has 0 aromatic heterocycles. The SMILES string of the molecule is CN(Cc1ccccc1)c1c(F)cc(C(=O)N2CCC3(CC2)CN(C(=O)c2ccc(C(C)(C)C)c(I)c2)CCC3O)cc1F. The van der Waals surface area contributed by atoms with E-state index >= 15 is 8.78 Å². The minimum absolute atomic E-state index is 0.0267. The van der Waals surface area contributed by atoms with Gasteiger partial charge in [-0.3, -0.25) is 9.59 Å². The van der Waals surface area contributed by atoms with Crippen LogP contribution < -0.4 is 4.90 Å². The Bertz CT molecular complexity index is 1510. The smallest absolute Gasteiger partial charge is 0.254 e. The second-order valence-electron chi connectivity index (χ2n) is 13.3. The summed E-state index contributed by atoms with van der Waals surface area (Å²) in [6.07, 6.45) is 0.854. The topological polar surface area (TPSA) is 64.1 Å². The van der Waals surface area contributed by atoms with Gasteiger partial charge in [0.1, 0.15) is 17.3 Å². The minimum Gasteiger partial charge on any atom is -0.392 e. The van der Waals surface area contributed by atoms with Crippen molar-refractivity contribution in [1.29, 1.82) is 0 Å². The van der Waals surface area contributed by atoms with Gasteiger partial charge in [-0.25, -0.2) is 8.78 Å². The average Bonchev–Trinajstić information content (AvgIpc) is 2.97. The molecule has 0 saturated carbocycles. The molecule has 5 rings (SSSR count). The zero-order valence-corrected chi connectivity index (χ0v) is 27.9. The van der Waals surface area contributed by atoms with Gasteiger partial charge in [-0.1, -0.05) is 57.2 Å². The predicted octanol–water partition coefficient (Wildman–Crippen LogP) is 6.63. The second-order valence-corrected chi connectivity index (χ2v) is 14.4. The molecule has 2 aliphatic rings. The third kappa shape index (κ3) is 6.63. The molecule has 2 heterocycles. The fraction of sp³-hybridized carbons (Fsp3) is 0.429. The molecule has 2 fully saturated rings. The fourth-order valence-corrected chi connectivity index (χ4v) is 7.90. The van der Waals surface area contributed by atoms with E-state index in [4.69, 9.17) is 0 Å². The van der Waals surface area contributed by atoms with Crippen LogP contribution in [-0.2, 0) is 12.0 Å². The van der Waals surface area contributed by atoms with Crippen molar-refractivity contribution in [3.8, 4) is 0 Å². The number of rotatable bonds is 5. The summed E-state index contributed by atoms with van der Waals surface area (Å²) in [6.45, 7) is 8.28. The van der Waals surface area contributed by atoms with Crippen LogP contribution in [-0.4, -0.2) is 66.1 Å². The summed E-state index contributed by atoms with van der Waals surface area (Å²) in [5.74, 6) is -2.08. The van der Waals surface area contributed by atoms with Crippen LogP contribution in [0.3, 0.4) is 0 Å². The van der Waals surface area contributed by atoms with Crippen LogP contribution in [0.4, 0.5) is 14.5 Å². The van der Waals surface area contributed by atoms with E-state index in [9.17, 15) is 14.7 Å². The van der Waals surface area contributed by atoms with Gasteiger partial charge in [0.25, 0.3) is 11.8 Å². The molecule has 1 spiro atoms. The van der Waals surface area contributed by atoms with Crippen LogP contribution in [0.5, 0.6) is 0 Å². The van der Waals surface area contributed by atoms with E-state index in [1.165, 1.54) is 10.5 Å². The molecule has 1 atom stereocenters. The normalized spacial score (nSPS) is 18.4. The number of hydrogen-bond donors (Lipinski definition) is 1. The van der Waals surface area contributed by atoms with Gasteiger partial charge in [0.2, 0.25) is 0 Å². The summed E-state index contributed by atoms with van der Waals surface area (Å²) in [4.78, 5) is 31.8. The number of carbonyl (C=O) groups excluding carboxylic acids is 2. The number of aliphatic hydroxyl groups excluding tert-OH is 1. The highest BCUT2D eigenvalue weighted by molar-refractivity contribution is 14.1. The number of nitrogens with zero attached hydrogens (tertiary/aromatic N) is 3. The summed E-state index contributed by atoms with van der Waals surface area (Å²) >= 11 is 2.28. The van der Waals surface area contributed by atoms with Crippen molar-refractivity contribution in [3.05, 3.63) is 98.1 Å². The van der Waals surface area contributed by atoms with Crippen molar-refractivity contribution < 1.29 is 23.5 Å². The maximum absolute atomic E-state index is 15.2. The van der Waals surface area contributed by atoms with E-state index in [1.54, 1.807) is 11.9 Å². The highest BCUT2D eigenvalue weighted by atomic mass is 127. The third-order valence-corrected chi connectivity index (χ3v) is 10.0. The lowest BCUT2D eigenvalue weighted by atomic mass is 9.70. The van der Waals surface area contributed by atoms with E-state index in [2.05, 4.69) is 43.4 Å². The van der Waals surface area contributed by atoms with Crippen molar-refractivity contribution in [1.82, 2.24) is 9.80 Å². The largest absolute Gasteiger partial charge is 0.392 e. The molecule has 2 saturated heterocycles. The zero-order chi connectivity index (χ0) is 31.8. The van der Waals surface area contributed by atoms with Gasteiger partial charge >= 0.3 is 0 Å². The molecule has 234 valence electrons. The van der Waals surface area contributed by atoms with Crippen LogP contribution >= 0.6 is 22.6 Å². The van der Waals surface area contributed by atoms with Crippen LogP contribution in [0.2, 0.25) is 0 Å². The van der Waals surface area contributed by atoms with Crippen molar-refractivity contribution >= 4 is 40.1 Å². The molecule has 1 unspecified atom stereocenters. The quantitative estimate of drug-likeness (QED) is 0.302. The molecule has 44 heavy (non-hydrogen) atoms. The van der Waals surface area contributed by atoms with Gasteiger partial charge in [0, 0.05) is 59.9 Å². The molecule has 3 aromatic carbocycles.